The van der Waals surface area contributed by atoms with E-state index in [9.17, 15) is 4.79 Å². The lowest BCUT2D eigenvalue weighted by Gasteiger charge is -2.29. The van der Waals surface area contributed by atoms with Crippen molar-refractivity contribution in [2.75, 3.05) is 0 Å². The van der Waals surface area contributed by atoms with Crippen LogP contribution in [0.15, 0.2) is 5.16 Å². The van der Waals surface area contributed by atoms with Gasteiger partial charge in [0.1, 0.15) is 5.54 Å². The van der Waals surface area contributed by atoms with Gasteiger partial charge in [-0.1, -0.05) is 45.7 Å². The van der Waals surface area contributed by atoms with Crippen LogP contribution in [-0.4, -0.2) is 22.5 Å². The Kier molecular flexibility index (Phi) is 3.07. The predicted octanol–water partition coefficient (Wildman–Crippen LogP) is 1.84. The summed E-state index contributed by atoms with van der Waals surface area (Å²) in [7, 11) is 0. The van der Waals surface area contributed by atoms with Crippen molar-refractivity contribution in [1.82, 2.24) is 5.32 Å². The zero-order valence-corrected chi connectivity index (χ0v) is 12.3. The third kappa shape index (κ3) is 1.90. The molecule has 0 unspecified atom stereocenters. The highest BCUT2D eigenvalue weighted by Crippen LogP contribution is 2.68. The van der Waals surface area contributed by atoms with Crippen molar-refractivity contribution in [3.63, 3.8) is 0 Å². The minimum absolute atomic E-state index is 0.00198. The molecule has 0 atom stereocenters. The molecule has 0 spiro atoms. The molecular weight excluding hydrogens is 242 g/mol. The summed E-state index contributed by atoms with van der Waals surface area (Å²) in [6.07, 6.45) is 3.49. The Bertz CT molecular complexity index is 406. The minimum atomic E-state index is -0.638. The molecule has 5 heteroatoms. The number of nitrogens with one attached hydrogen (secondary N) is 1. The number of hydrogen-bond donors (Lipinski definition) is 3. The lowest BCUT2D eigenvalue weighted by molar-refractivity contribution is -0.124. The van der Waals surface area contributed by atoms with Crippen molar-refractivity contribution in [2.45, 2.75) is 58.9 Å². The van der Waals surface area contributed by atoms with Gasteiger partial charge in [0.2, 0.25) is 5.91 Å². The van der Waals surface area contributed by atoms with E-state index in [0.29, 0.717) is 0 Å². The average Bonchev–Trinajstić information content (AvgIpc) is 2.70. The van der Waals surface area contributed by atoms with Gasteiger partial charge in [0.05, 0.1) is 0 Å². The van der Waals surface area contributed by atoms with Gasteiger partial charge in [-0.3, -0.25) is 4.79 Å². The summed E-state index contributed by atoms with van der Waals surface area (Å²) < 4.78 is 0. The number of rotatable bonds is 3. The molecule has 1 amide bonds. The molecule has 2 saturated carbocycles. The molecule has 0 radical (unpaired) electrons. The maximum Gasteiger partial charge on any atom is 0.225 e. The first-order chi connectivity index (χ1) is 8.69. The number of hydrogen-bond acceptors (Lipinski definition) is 3. The Morgan fingerprint density at radius 3 is 2.05 bits per heavy atom. The molecule has 2 fully saturated rings. The second kappa shape index (κ2) is 4.12. The molecule has 2 aliphatic carbocycles. The molecule has 108 valence electrons. The average molecular weight is 267 g/mol. The van der Waals surface area contributed by atoms with Gasteiger partial charge in [0.25, 0.3) is 0 Å². The molecular formula is C14H25N3O2. The van der Waals surface area contributed by atoms with E-state index in [1.165, 1.54) is 0 Å². The lowest BCUT2D eigenvalue weighted by Crippen LogP contribution is -2.56. The third-order valence-electron chi connectivity index (χ3n) is 5.70. The molecule has 19 heavy (non-hydrogen) atoms. The first kappa shape index (κ1) is 14.2. The molecule has 0 aliphatic heterocycles. The number of amidine groups is 1. The molecule has 0 aromatic rings. The predicted molar refractivity (Wildman–Crippen MR) is 73.8 cm³/mol. The first-order valence-corrected chi connectivity index (χ1v) is 6.99. The van der Waals surface area contributed by atoms with Crippen LogP contribution in [0.2, 0.25) is 0 Å². The summed E-state index contributed by atoms with van der Waals surface area (Å²) in [5.74, 6) is 0.155. The Hall–Kier alpha value is -1.26. The number of oxime groups is 1. The summed E-state index contributed by atoms with van der Waals surface area (Å²) in [5.41, 5.74) is 5.17. The number of nitrogens with zero attached hydrogens (tertiary/aromatic N) is 1. The summed E-state index contributed by atoms with van der Waals surface area (Å²) in [6, 6.07) is 0. The molecule has 2 aliphatic rings. The first-order valence-electron chi connectivity index (χ1n) is 6.99. The Balaban J connectivity index is 2.15. The largest absolute Gasteiger partial charge is 0.409 e. The van der Waals surface area contributed by atoms with Gasteiger partial charge in [-0.2, -0.15) is 0 Å². The van der Waals surface area contributed by atoms with Gasteiger partial charge in [-0.05, 0) is 23.7 Å². The monoisotopic (exact) mass is 267 g/mol. The fourth-order valence-corrected chi connectivity index (χ4v) is 3.68. The van der Waals surface area contributed by atoms with E-state index in [0.717, 1.165) is 25.7 Å². The fraction of sp³-hybridized carbons (Fsp3) is 0.857. The highest BCUT2D eigenvalue weighted by molar-refractivity contribution is 5.95. The van der Waals surface area contributed by atoms with E-state index < -0.39 is 5.54 Å². The standard InChI is InChI=1S/C14H25N3O2/c1-12(2)9(13(12,3)4)10(18)16-14(11(15)17-19)7-5-6-8-14/h9,19H,5-8H2,1-4H3,(H2,15,17)(H,16,18). The summed E-state index contributed by atoms with van der Waals surface area (Å²) >= 11 is 0. The van der Waals surface area contributed by atoms with Crippen LogP contribution in [0.1, 0.15) is 53.4 Å². The maximum absolute atomic E-state index is 12.5. The Labute approximate surface area is 114 Å². The second-order valence-corrected chi connectivity index (χ2v) is 7.14. The quantitative estimate of drug-likeness (QED) is 0.315. The van der Waals surface area contributed by atoms with E-state index in [4.69, 9.17) is 10.9 Å². The Morgan fingerprint density at radius 2 is 1.68 bits per heavy atom. The van der Waals surface area contributed by atoms with Crippen LogP contribution < -0.4 is 11.1 Å². The van der Waals surface area contributed by atoms with Crippen LogP contribution in [0.3, 0.4) is 0 Å². The van der Waals surface area contributed by atoms with E-state index in [1.54, 1.807) is 0 Å². The van der Waals surface area contributed by atoms with Gasteiger partial charge in [0, 0.05) is 5.92 Å². The van der Waals surface area contributed by atoms with Gasteiger partial charge in [-0.25, -0.2) is 0 Å². The van der Waals surface area contributed by atoms with Crippen LogP contribution in [-0.2, 0) is 4.79 Å². The van der Waals surface area contributed by atoms with Crippen molar-refractivity contribution >= 4 is 11.7 Å². The number of carbonyl (C=O) groups excluding carboxylic acids is 1. The van der Waals surface area contributed by atoms with Crippen molar-refractivity contribution in [2.24, 2.45) is 27.6 Å². The number of carbonyl (C=O) groups is 1. The summed E-state index contributed by atoms with van der Waals surface area (Å²) in [4.78, 5) is 12.5. The Morgan fingerprint density at radius 1 is 1.21 bits per heavy atom. The molecule has 4 N–H and O–H groups in total. The van der Waals surface area contributed by atoms with E-state index in [-0.39, 0.29) is 28.5 Å². The van der Waals surface area contributed by atoms with Crippen LogP contribution in [0, 0.1) is 16.7 Å². The van der Waals surface area contributed by atoms with Gasteiger partial charge in [0.15, 0.2) is 5.84 Å². The van der Waals surface area contributed by atoms with Crippen LogP contribution in [0.4, 0.5) is 0 Å². The molecule has 2 rings (SSSR count). The van der Waals surface area contributed by atoms with Crippen molar-refractivity contribution in [3.8, 4) is 0 Å². The lowest BCUT2D eigenvalue weighted by atomic mass is 9.95. The van der Waals surface area contributed by atoms with Crippen LogP contribution in [0.5, 0.6) is 0 Å². The fourth-order valence-electron chi connectivity index (χ4n) is 3.68. The molecule has 5 nitrogen and oxygen atoms in total. The zero-order chi connectivity index (χ0) is 14.5. The molecule has 0 saturated heterocycles. The van der Waals surface area contributed by atoms with Crippen molar-refractivity contribution in [1.29, 1.82) is 0 Å². The smallest absolute Gasteiger partial charge is 0.225 e. The number of nitrogens with two attached hydrogens (primary N) is 1. The molecule has 0 bridgehead atoms. The van der Waals surface area contributed by atoms with Crippen molar-refractivity contribution < 1.29 is 10.0 Å². The van der Waals surface area contributed by atoms with E-state index in [1.807, 2.05) is 0 Å². The highest BCUT2D eigenvalue weighted by atomic mass is 16.4. The van der Waals surface area contributed by atoms with E-state index in [2.05, 4.69) is 38.2 Å². The number of amides is 1. The van der Waals surface area contributed by atoms with E-state index >= 15 is 0 Å². The minimum Gasteiger partial charge on any atom is -0.409 e. The molecule has 0 aromatic heterocycles. The second-order valence-electron chi connectivity index (χ2n) is 7.14. The highest BCUT2D eigenvalue weighted by Gasteiger charge is 2.68. The molecule has 0 heterocycles. The van der Waals surface area contributed by atoms with Crippen LogP contribution >= 0.6 is 0 Å². The van der Waals surface area contributed by atoms with Gasteiger partial charge >= 0.3 is 0 Å². The third-order valence-corrected chi connectivity index (χ3v) is 5.70. The van der Waals surface area contributed by atoms with Crippen LogP contribution in [0.25, 0.3) is 0 Å². The van der Waals surface area contributed by atoms with Gasteiger partial charge < -0.3 is 16.3 Å². The van der Waals surface area contributed by atoms with Gasteiger partial charge in [-0.15, -0.1) is 0 Å². The summed E-state index contributed by atoms with van der Waals surface area (Å²) in [5, 5.41) is 15.1. The normalized spacial score (nSPS) is 28.1. The molecule has 0 aromatic carbocycles. The SMILES string of the molecule is CC1(C)C(C(=O)NC2(C(N)=NO)CCCC2)C1(C)C. The zero-order valence-electron chi connectivity index (χ0n) is 12.3. The topological polar surface area (TPSA) is 87.7 Å². The maximum atomic E-state index is 12.5. The van der Waals surface area contributed by atoms with Crippen molar-refractivity contribution in [3.05, 3.63) is 0 Å². The summed E-state index contributed by atoms with van der Waals surface area (Å²) in [6.45, 7) is 8.45.